The molecule has 0 fully saturated rings. The molecule has 0 aromatic heterocycles. The molecule has 0 heterocycles. The number of halogens is 2. The molecule has 0 atom stereocenters. The first-order valence-electron chi connectivity index (χ1n) is 6.01. The van der Waals surface area contributed by atoms with Crippen molar-refractivity contribution in [2.45, 2.75) is 13.5 Å². The van der Waals surface area contributed by atoms with Crippen molar-refractivity contribution in [2.24, 2.45) is 0 Å². The summed E-state index contributed by atoms with van der Waals surface area (Å²) in [6, 6.07) is 10.2. The van der Waals surface area contributed by atoms with E-state index < -0.39 is 7.12 Å². The van der Waals surface area contributed by atoms with Crippen LogP contribution in [0.1, 0.15) is 11.1 Å². The minimum absolute atomic E-state index is 0.292. The quantitative estimate of drug-likeness (QED) is 0.853. The van der Waals surface area contributed by atoms with Crippen LogP contribution in [0.15, 0.2) is 36.4 Å². The summed E-state index contributed by atoms with van der Waals surface area (Å²) in [6.45, 7) is 2.08. The largest absolute Gasteiger partial charge is 0.489 e. The van der Waals surface area contributed by atoms with Crippen molar-refractivity contribution in [2.75, 3.05) is 0 Å². The van der Waals surface area contributed by atoms with Gasteiger partial charge in [-0.15, -0.1) is 0 Å². The first-order valence-corrected chi connectivity index (χ1v) is 6.76. The fourth-order valence-corrected chi connectivity index (χ4v) is 2.21. The predicted octanol–water partition coefficient (Wildman–Crippen LogP) is 2.56. The molecule has 2 aromatic carbocycles. The Kier molecular flexibility index (Phi) is 4.94. The van der Waals surface area contributed by atoms with Crippen LogP contribution in [0.2, 0.25) is 10.0 Å². The van der Waals surface area contributed by atoms with Gasteiger partial charge in [-0.1, -0.05) is 29.3 Å². The highest BCUT2D eigenvalue weighted by molar-refractivity contribution is 6.59. The molecule has 0 radical (unpaired) electrons. The van der Waals surface area contributed by atoms with Gasteiger partial charge in [0.05, 0.1) is 0 Å². The van der Waals surface area contributed by atoms with E-state index in [9.17, 15) is 0 Å². The molecule has 0 unspecified atom stereocenters. The van der Waals surface area contributed by atoms with Gasteiger partial charge in [-0.25, -0.2) is 0 Å². The van der Waals surface area contributed by atoms with Crippen molar-refractivity contribution in [3.63, 3.8) is 0 Å². The monoisotopic (exact) mass is 310 g/mol. The van der Waals surface area contributed by atoms with Crippen LogP contribution in [0, 0.1) is 6.92 Å². The summed E-state index contributed by atoms with van der Waals surface area (Å²) in [7, 11) is -1.48. The van der Waals surface area contributed by atoms with Crippen LogP contribution in [0.25, 0.3) is 0 Å². The number of hydrogen-bond acceptors (Lipinski definition) is 3. The molecule has 0 bridgehead atoms. The summed E-state index contributed by atoms with van der Waals surface area (Å²) in [4.78, 5) is 0. The first kappa shape index (κ1) is 15.2. The van der Waals surface area contributed by atoms with E-state index in [0.29, 0.717) is 27.9 Å². The lowest BCUT2D eigenvalue weighted by Crippen LogP contribution is -2.31. The van der Waals surface area contributed by atoms with Crippen LogP contribution in [-0.4, -0.2) is 17.2 Å². The minimum Gasteiger partial charge on any atom is -0.489 e. The highest BCUT2D eigenvalue weighted by Crippen LogP contribution is 2.22. The van der Waals surface area contributed by atoms with E-state index in [-0.39, 0.29) is 0 Å². The maximum atomic E-state index is 9.15. The Bertz CT molecular complexity index is 617. The summed E-state index contributed by atoms with van der Waals surface area (Å²) in [6.07, 6.45) is 0. The fourth-order valence-electron chi connectivity index (χ4n) is 1.84. The predicted molar refractivity (Wildman–Crippen MR) is 81.8 cm³/mol. The molecule has 3 nitrogen and oxygen atoms in total. The number of aryl methyl sites for hydroxylation is 1. The summed E-state index contributed by atoms with van der Waals surface area (Å²) < 4.78 is 5.64. The molecule has 0 amide bonds. The lowest BCUT2D eigenvalue weighted by molar-refractivity contribution is 0.306. The van der Waals surface area contributed by atoms with E-state index in [1.165, 1.54) is 0 Å². The van der Waals surface area contributed by atoms with Gasteiger partial charge in [-0.3, -0.25) is 0 Å². The Hall–Kier alpha value is -1.20. The standard InChI is InChI=1S/C14H13BCl2O3/c1-9-6-12(3-4-13(9)15(18)19)20-8-10-7-11(16)2-5-14(10)17/h2-7,18-19H,8H2,1H3. The average molecular weight is 311 g/mol. The number of hydrogen-bond donors (Lipinski definition) is 2. The van der Waals surface area contributed by atoms with Gasteiger partial charge in [0.2, 0.25) is 0 Å². The van der Waals surface area contributed by atoms with Crippen molar-refractivity contribution >= 4 is 35.8 Å². The third kappa shape index (κ3) is 3.67. The molecule has 2 rings (SSSR count). The Labute approximate surface area is 127 Å². The fraction of sp³-hybridized carbons (Fsp3) is 0.143. The lowest BCUT2D eigenvalue weighted by atomic mass is 9.77. The van der Waals surface area contributed by atoms with Crippen LogP contribution >= 0.6 is 23.2 Å². The SMILES string of the molecule is Cc1cc(OCc2cc(Cl)ccc2Cl)ccc1B(O)O. The minimum atomic E-state index is -1.48. The molecular formula is C14H13BCl2O3. The van der Waals surface area contributed by atoms with Crippen LogP contribution in [0.4, 0.5) is 0 Å². The van der Waals surface area contributed by atoms with Gasteiger partial charge in [-0.2, -0.15) is 0 Å². The molecule has 0 saturated carbocycles. The topological polar surface area (TPSA) is 49.7 Å². The summed E-state index contributed by atoms with van der Waals surface area (Å²) in [5, 5.41) is 19.5. The van der Waals surface area contributed by atoms with Gasteiger partial charge in [0.15, 0.2) is 0 Å². The van der Waals surface area contributed by atoms with Gasteiger partial charge in [0.25, 0.3) is 0 Å². The van der Waals surface area contributed by atoms with E-state index in [4.69, 9.17) is 38.0 Å². The van der Waals surface area contributed by atoms with E-state index >= 15 is 0 Å². The number of benzene rings is 2. The Balaban J connectivity index is 2.11. The zero-order valence-corrected chi connectivity index (χ0v) is 12.3. The molecule has 104 valence electrons. The third-order valence-electron chi connectivity index (χ3n) is 2.92. The van der Waals surface area contributed by atoms with Gasteiger partial charge in [0, 0.05) is 15.6 Å². The summed E-state index contributed by atoms with van der Waals surface area (Å²) >= 11 is 12.0. The number of ether oxygens (including phenoxy) is 1. The van der Waals surface area contributed by atoms with Crippen LogP contribution in [-0.2, 0) is 6.61 Å². The molecule has 6 heteroatoms. The van der Waals surface area contributed by atoms with E-state index in [2.05, 4.69) is 0 Å². The molecule has 2 aromatic rings. The second kappa shape index (κ2) is 6.50. The van der Waals surface area contributed by atoms with Crippen molar-refractivity contribution in [3.05, 3.63) is 57.6 Å². The highest BCUT2D eigenvalue weighted by atomic mass is 35.5. The zero-order chi connectivity index (χ0) is 14.7. The maximum absolute atomic E-state index is 9.15. The Morgan fingerprint density at radius 1 is 1.10 bits per heavy atom. The van der Waals surface area contributed by atoms with Crippen LogP contribution in [0.3, 0.4) is 0 Å². The smallest absolute Gasteiger partial charge is 0.488 e. The van der Waals surface area contributed by atoms with Gasteiger partial charge < -0.3 is 14.8 Å². The second-order valence-corrected chi connectivity index (χ2v) is 5.26. The van der Waals surface area contributed by atoms with Crippen molar-refractivity contribution in [1.29, 1.82) is 0 Å². The molecule has 0 spiro atoms. The molecule has 0 saturated heterocycles. The summed E-state index contributed by atoms with van der Waals surface area (Å²) in [5.41, 5.74) is 2.00. The van der Waals surface area contributed by atoms with Crippen molar-refractivity contribution < 1.29 is 14.8 Å². The molecule has 0 aliphatic heterocycles. The van der Waals surface area contributed by atoms with Crippen LogP contribution < -0.4 is 10.2 Å². The average Bonchev–Trinajstić information content (AvgIpc) is 2.39. The Morgan fingerprint density at radius 2 is 1.85 bits per heavy atom. The van der Waals surface area contributed by atoms with Crippen LogP contribution in [0.5, 0.6) is 5.75 Å². The first-order chi connectivity index (χ1) is 9.47. The second-order valence-electron chi connectivity index (χ2n) is 4.42. The summed E-state index contributed by atoms with van der Waals surface area (Å²) in [5.74, 6) is 0.628. The normalized spacial score (nSPS) is 10.4. The van der Waals surface area contributed by atoms with E-state index in [1.807, 2.05) is 0 Å². The van der Waals surface area contributed by atoms with E-state index in [1.54, 1.807) is 43.3 Å². The van der Waals surface area contributed by atoms with E-state index in [0.717, 1.165) is 11.1 Å². The number of rotatable bonds is 4. The molecule has 0 aliphatic carbocycles. The Morgan fingerprint density at radius 3 is 2.50 bits per heavy atom. The van der Waals surface area contributed by atoms with Crippen molar-refractivity contribution in [3.8, 4) is 5.75 Å². The molecule has 20 heavy (non-hydrogen) atoms. The van der Waals surface area contributed by atoms with Gasteiger partial charge in [-0.05, 0) is 48.3 Å². The van der Waals surface area contributed by atoms with Crippen molar-refractivity contribution in [1.82, 2.24) is 0 Å². The van der Waals surface area contributed by atoms with Gasteiger partial charge >= 0.3 is 7.12 Å². The van der Waals surface area contributed by atoms with Gasteiger partial charge in [0.1, 0.15) is 12.4 Å². The highest BCUT2D eigenvalue weighted by Gasteiger charge is 2.14. The molecule has 0 aliphatic rings. The molecule has 2 N–H and O–H groups in total. The maximum Gasteiger partial charge on any atom is 0.488 e. The lowest BCUT2D eigenvalue weighted by Gasteiger charge is -2.11. The zero-order valence-electron chi connectivity index (χ0n) is 10.8. The molecular weight excluding hydrogens is 298 g/mol. The third-order valence-corrected chi connectivity index (χ3v) is 3.53.